The molecule has 1 saturated heterocycles. The van der Waals surface area contributed by atoms with Gasteiger partial charge in [-0.15, -0.1) is 11.3 Å². The number of anilines is 2. The Bertz CT molecular complexity index is 983. The lowest BCUT2D eigenvalue weighted by Gasteiger charge is -2.36. The molecule has 1 N–H and O–H groups in total. The van der Waals surface area contributed by atoms with Gasteiger partial charge in [0, 0.05) is 47.8 Å². The van der Waals surface area contributed by atoms with E-state index in [9.17, 15) is 0 Å². The third kappa shape index (κ3) is 5.03. The second-order valence-electron chi connectivity index (χ2n) is 6.88. The number of hydrogen-bond donors (Lipinski definition) is 1. The van der Waals surface area contributed by atoms with Gasteiger partial charge in [-0.3, -0.25) is 0 Å². The average Bonchev–Trinajstić information content (AvgIpc) is 3.26. The first kappa shape index (κ1) is 20.9. The van der Waals surface area contributed by atoms with Crippen LogP contribution in [0.2, 0.25) is 5.02 Å². The molecule has 0 aliphatic carbocycles. The van der Waals surface area contributed by atoms with Crippen LogP contribution in [-0.4, -0.2) is 47.8 Å². The molecule has 0 atom stereocenters. The molecule has 156 valence electrons. The van der Waals surface area contributed by atoms with Gasteiger partial charge in [0.25, 0.3) is 0 Å². The van der Waals surface area contributed by atoms with Crippen LogP contribution in [0.4, 0.5) is 10.8 Å². The predicted molar refractivity (Wildman–Crippen MR) is 130 cm³/mol. The van der Waals surface area contributed by atoms with Gasteiger partial charge in [0.1, 0.15) is 5.75 Å². The van der Waals surface area contributed by atoms with Crippen molar-refractivity contribution in [3.05, 3.63) is 58.9 Å². The molecule has 0 unspecified atom stereocenters. The smallest absolute Gasteiger partial charge is 0.185 e. The molecule has 0 saturated carbocycles. The molecule has 0 bridgehead atoms. The van der Waals surface area contributed by atoms with Gasteiger partial charge in [0.15, 0.2) is 10.2 Å². The number of hydrogen-bond acceptors (Lipinski definition) is 5. The minimum atomic E-state index is 0.662. The van der Waals surface area contributed by atoms with Gasteiger partial charge in [-0.2, -0.15) is 0 Å². The quantitative estimate of drug-likeness (QED) is 0.517. The molecule has 3 aromatic rings. The molecule has 1 aromatic heterocycles. The van der Waals surface area contributed by atoms with E-state index >= 15 is 0 Å². The number of halogens is 1. The van der Waals surface area contributed by atoms with Crippen molar-refractivity contribution in [1.29, 1.82) is 0 Å². The highest BCUT2D eigenvalue weighted by Gasteiger charge is 2.21. The SMILES string of the molecule is CCOc1ccc(NC(=S)N2CCN(c3nc(-c4ccc(Cl)cc4)cs3)CC2)cc1. The Labute approximate surface area is 191 Å². The van der Waals surface area contributed by atoms with Crippen LogP contribution >= 0.6 is 35.2 Å². The Balaban J connectivity index is 1.31. The number of ether oxygens (including phenoxy) is 1. The van der Waals surface area contributed by atoms with Crippen molar-refractivity contribution < 1.29 is 4.74 Å². The maximum absolute atomic E-state index is 5.98. The van der Waals surface area contributed by atoms with E-state index in [2.05, 4.69) is 20.5 Å². The molecule has 0 spiro atoms. The van der Waals surface area contributed by atoms with E-state index < -0.39 is 0 Å². The number of rotatable bonds is 5. The molecule has 2 heterocycles. The fourth-order valence-electron chi connectivity index (χ4n) is 3.27. The summed E-state index contributed by atoms with van der Waals surface area (Å²) in [5, 5.41) is 7.96. The zero-order chi connectivity index (χ0) is 20.9. The lowest BCUT2D eigenvalue weighted by molar-refractivity contribution is 0.340. The summed E-state index contributed by atoms with van der Waals surface area (Å²) in [6, 6.07) is 15.7. The van der Waals surface area contributed by atoms with Crippen LogP contribution in [0.15, 0.2) is 53.9 Å². The maximum atomic E-state index is 5.98. The highest BCUT2D eigenvalue weighted by atomic mass is 35.5. The summed E-state index contributed by atoms with van der Waals surface area (Å²) in [5.41, 5.74) is 3.04. The van der Waals surface area contributed by atoms with Crippen molar-refractivity contribution in [2.45, 2.75) is 6.92 Å². The van der Waals surface area contributed by atoms with Gasteiger partial charge in [0.05, 0.1) is 12.3 Å². The van der Waals surface area contributed by atoms with Crippen LogP contribution in [0, 0.1) is 0 Å². The fraction of sp³-hybridized carbons (Fsp3) is 0.273. The summed E-state index contributed by atoms with van der Waals surface area (Å²) in [6.45, 7) is 6.13. The third-order valence-electron chi connectivity index (χ3n) is 4.89. The van der Waals surface area contributed by atoms with Crippen molar-refractivity contribution in [3.8, 4) is 17.0 Å². The largest absolute Gasteiger partial charge is 0.494 e. The molecule has 1 aliphatic rings. The van der Waals surface area contributed by atoms with E-state index in [0.29, 0.717) is 6.61 Å². The van der Waals surface area contributed by atoms with E-state index in [4.69, 9.17) is 33.5 Å². The highest BCUT2D eigenvalue weighted by molar-refractivity contribution is 7.80. The molecule has 30 heavy (non-hydrogen) atoms. The Morgan fingerprint density at radius 1 is 1.10 bits per heavy atom. The van der Waals surface area contributed by atoms with Gasteiger partial charge in [-0.25, -0.2) is 4.98 Å². The summed E-state index contributed by atoms with van der Waals surface area (Å²) < 4.78 is 5.48. The van der Waals surface area contributed by atoms with Crippen molar-refractivity contribution in [2.24, 2.45) is 0 Å². The topological polar surface area (TPSA) is 40.6 Å². The van der Waals surface area contributed by atoms with Gasteiger partial charge in [-0.05, 0) is 55.5 Å². The van der Waals surface area contributed by atoms with E-state index in [1.807, 2.05) is 55.5 Å². The molecule has 1 fully saturated rings. The number of piperazine rings is 1. The van der Waals surface area contributed by atoms with E-state index in [1.54, 1.807) is 11.3 Å². The van der Waals surface area contributed by atoms with Crippen LogP contribution in [0.5, 0.6) is 5.75 Å². The summed E-state index contributed by atoms with van der Waals surface area (Å²) in [7, 11) is 0. The molecule has 8 heteroatoms. The lowest BCUT2D eigenvalue weighted by atomic mass is 10.2. The normalized spacial score (nSPS) is 13.9. The van der Waals surface area contributed by atoms with Crippen molar-refractivity contribution in [3.63, 3.8) is 0 Å². The molecular weight excluding hydrogens is 436 g/mol. The molecule has 0 radical (unpaired) electrons. The number of thiocarbonyl (C=S) groups is 1. The number of thiazole rings is 1. The number of aromatic nitrogens is 1. The van der Waals surface area contributed by atoms with Crippen molar-refractivity contribution in [2.75, 3.05) is 43.0 Å². The zero-order valence-electron chi connectivity index (χ0n) is 16.7. The zero-order valence-corrected chi connectivity index (χ0v) is 19.1. The predicted octanol–water partition coefficient (Wildman–Crippen LogP) is 5.38. The van der Waals surface area contributed by atoms with Crippen LogP contribution in [0.25, 0.3) is 11.3 Å². The van der Waals surface area contributed by atoms with Crippen LogP contribution in [-0.2, 0) is 0 Å². The first-order valence-electron chi connectivity index (χ1n) is 9.87. The second kappa shape index (κ2) is 9.64. The molecule has 4 rings (SSSR count). The van der Waals surface area contributed by atoms with Crippen LogP contribution in [0.1, 0.15) is 6.92 Å². The number of nitrogens with zero attached hydrogens (tertiary/aromatic N) is 3. The molecule has 1 aliphatic heterocycles. The summed E-state index contributed by atoms with van der Waals surface area (Å²) in [5.74, 6) is 0.865. The highest BCUT2D eigenvalue weighted by Crippen LogP contribution is 2.29. The fourth-order valence-corrected chi connectivity index (χ4v) is 4.58. The monoisotopic (exact) mass is 458 g/mol. The Morgan fingerprint density at radius 3 is 2.47 bits per heavy atom. The molecule has 5 nitrogen and oxygen atoms in total. The average molecular weight is 459 g/mol. The first-order chi connectivity index (χ1) is 14.6. The number of benzene rings is 2. The summed E-state index contributed by atoms with van der Waals surface area (Å²) >= 11 is 13.3. The Kier molecular flexibility index (Phi) is 6.72. The van der Waals surface area contributed by atoms with Crippen LogP contribution < -0.4 is 15.0 Å². The van der Waals surface area contributed by atoms with E-state index in [1.165, 1.54) is 0 Å². The van der Waals surface area contributed by atoms with E-state index in [0.717, 1.165) is 64.1 Å². The third-order valence-corrected chi connectivity index (χ3v) is 6.40. The van der Waals surface area contributed by atoms with Gasteiger partial charge < -0.3 is 19.9 Å². The minimum Gasteiger partial charge on any atom is -0.494 e. The summed E-state index contributed by atoms with van der Waals surface area (Å²) in [6.07, 6.45) is 0. The second-order valence-corrected chi connectivity index (χ2v) is 8.54. The van der Waals surface area contributed by atoms with E-state index in [-0.39, 0.29) is 0 Å². The number of nitrogens with one attached hydrogen (secondary N) is 1. The lowest BCUT2D eigenvalue weighted by Crippen LogP contribution is -2.50. The first-order valence-corrected chi connectivity index (χ1v) is 11.5. The Morgan fingerprint density at radius 2 is 1.80 bits per heavy atom. The molecule has 2 aromatic carbocycles. The minimum absolute atomic E-state index is 0.662. The van der Waals surface area contributed by atoms with Crippen LogP contribution in [0.3, 0.4) is 0 Å². The van der Waals surface area contributed by atoms with Crippen molar-refractivity contribution in [1.82, 2.24) is 9.88 Å². The Hall–Kier alpha value is -2.35. The molecular formula is C22H23ClN4OS2. The standard InChI is InChI=1S/C22H23ClN4OS2/c1-2-28-19-9-7-18(8-10-19)24-21(29)26-11-13-27(14-12-26)22-25-20(15-30-22)16-3-5-17(23)6-4-16/h3-10,15H,2,11-14H2,1H3,(H,24,29). The van der Waals surface area contributed by atoms with Gasteiger partial charge >= 0.3 is 0 Å². The maximum Gasteiger partial charge on any atom is 0.185 e. The van der Waals surface area contributed by atoms with Crippen molar-refractivity contribution >= 4 is 51.1 Å². The molecule has 0 amide bonds. The van der Waals surface area contributed by atoms with Gasteiger partial charge in [0.2, 0.25) is 0 Å². The van der Waals surface area contributed by atoms with Gasteiger partial charge in [-0.1, -0.05) is 23.7 Å². The summed E-state index contributed by atoms with van der Waals surface area (Å²) in [4.78, 5) is 9.34.